The second-order valence-corrected chi connectivity index (χ2v) is 3.15. The number of nitriles is 1. The standard InChI is InChI=1S/C10H10N6/c1-2-8-7(5-11)10(12)16(15-8)9-6-13-3-4-14-9/h3-4,6H,2,12H2,1H3. The minimum atomic E-state index is 0.305. The van der Waals surface area contributed by atoms with E-state index in [4.69, 9.17) is 11.0 Å². The van der Waals surface area contributed by atoms with E-state index in [0.717, 1.165) is 0 Å². The Morgan fingerprint density at radius 2 is 2.31 bits per heavy atom. The molecule has 80 valence electrons. The molecule has 6 heteroatoms. The molecule has 2 rings (SSSR count). The third-order valence-corrected chi connectivity index (χ3v) is 2.21. The highest BCUT2D eigenvalue weighted by atomic mass is 15.3. The van der Waals surface area contributed by atoms with Gasteiger partial charge in [-0.25, -0.2) is 4.98 Å². The molecule has 2 aromatic heterocycles. The van der Waals surface area contributed by atoms with E-state index in [2.05, 4.69) is 15.1 Å². The van der Waals surface area contributed by atoms with Crippen LogP contribution in [0.3, 0.4) is 0 Å². The lowest BCUT2D eigenvalue weighted by Gasteiger charge is -2.00. The summed E-state index contributed by atoms with van der Waals surface area (Å²) in [6, 6.07) is 2.05. The average Bonchev–Trinajstić information content (AvgIpc) is 2.66. The van der Waals surface area contributed by atoms with Gasteiger partial charge in [-0.05, 0) is 6.42 Å². The zero-order chi connectivity index (χ0) is 11.5. The third-order valence-electron chi connectivity index (χ3n) is 2.21. The van der Waals surface area contributed by atoms with Crippen molar-refractivity contribution in [3.63, 3.8) is 0 Å². The van der Waals surface area contributed by atoms with Crippen LogP contribution in [0.15, 0.2) is 18.6 Å². The van der Waals surface area contributed by atoms with E-state index in [1.54, 1.807) is 18.6 Å². The number of hydrogen-bond acceptors (Lipinski definition) is 5. The fraction of sp³-hybridized carbons (Fsp3) is 0.200. The van der Waals surface area contributed by atoms with Crippen LogP contribution in [0.4, 0.5) is 5.82 Å². The molecule has 2 N–H and O–H groups in total. The van der Waals surface area contributed by atoms with Crippen molar-refractivity contribution in [1.29, 1.82) is 5.26 Å². The first kappa shape index (κ1) is 10.1. The van der Waals surface area contributed by atoms with Crippen LogP contribution in [0.5, 0.6) is 0 Å². The molecule has 0 amide bonds. The number of aromatic nitrogens is 4. The second kappa shape index (κ2) is 3.98. The van der Waals surface area contributed by atoms with Crippen molar-refractivity contribution in [2.75, 3.05) is 5.73 Å². The normalized spacial score (nSPS) is 10.0. The van der Waals surface area contributed by atoms with Crippen LogP contribution in [0.2, 0.25) is 0 Å². The molecule has 0 aliphatic rings. The summed E-state index contributed by atoms with van der Waals surface area (Å²) in [4.78, 5) is 8.01. The molecule has 0 bridgehead atoms. The number of anilines is 1. The lowest BCUT2D eigenvalue weighted by atomic mass is 10.2. The summed E-state index contributed by atoms with van der Waals surface area (Å²) >= 11 is 0. The Hall–Kier alpha value is -2.42. The molecule has 0 fully saturated rings. The average molecular weight is 214 g/mol. The lowest BCUT2D eigenvalue weighted by Crippen LogP contribution is -2.04. The van der Waals surface area contributed by atoms with Crippen molar-refractivity contribution in [3.05, 3.63) is 29.8 Å². The van der Waals surface area contributed by atoms with Gasteiger partial charge in [0, 0.05) is 12.4 Å². The van der Waals surface area contributed by atoms with Gasteiger partial charge in [0.1, 0.15) is 17.5 Å². The number of aryl methyl sites for hydroxylation is 1. The quantitative estimate of drug-likeness (QED) is 0.793. The van der Waals surface area contributed by atoms with Gasteiger partial charge in [0.25, 0.3) is 0 Å². The molecule has 0 saturated carbocycles. The maximum absolute atomic E-state index is 8.97. The van der Waals surface area contributed by atoms with Gasteiger partial charge in [-0.15, -0.1) is 0 Å². The minimum absolute atomic E-state index is 0.305. The highest BCUT2D eigenvalue weighted by Crippen LogP contribution is 2.18. The van der Waals surface area contributed by atoms with Crippen molar-refractivity contribution in [2.45, 2.75) is 13.3 Å². The van der Waals surface area contributed by atoms with Crippen molar-refractivity contribution in [3.8, 4) is 11.9 Å². The predicted octanol–water partition coefficient (Wildman–Crippen LogP) is 0.679. The molecule has 0 aliphatic heterocycles. The molecule has 2 heterocycles. The van der Waals surface area contributed by atoms with Crippen molar-refractivity contribution in [2.24, 2.45) is 0 Å². The smallest absolute Gasteiger partial charge is 0.174 e. The molecule has 6 nitrogen and oxygen atoms in total. The van der Waals surface area contributed by atoms with Crippen LogP contribution < -0.4 is 5.73 Å². The van der Waals surface area contributed by atoms with Crippen LogP contribution in [0.1, 0.15) is 18.2 Å². The van der Waals surface area contributed by atoms with E-state index in [0.29, 0.717) is 29.3 Å². The molecule has 0 aromatic carbocycles. The Balaban J connectivity index is 2.60. The molecular formula is C10H10N6. The number of nitrogens with zero attached hydrogens (tertiary/aromatic N) is 5. The van der Waals surface area contributed by atoms with Crippen LogP contribution in [-0.2, 0) is 6.42 Å². The van der Waals surface area contributed by atoms with Gasteiger partial charge in [-0.2, -0.15) is 15.0 Å². The van der Waals surface area contributed by atoms with Crippen LogP contribution in [0.25, 0.3) is 5.82 Å². The largest absolute Gasteiger partial charge is 0.382 e. The molecule has 16 heavy (non-hydrogen) atoms. The summed E-state index contributed by atoms with van der Waals surface area (Å²) in [5.74, 6) is 0.816. The van der Waals surface area contributed by atoms with Gasteiger partial charge in [-0.1, -0.05) is 6.92 Å². The fourth-order valence-corrected chi connectivity index (χ4v) is 1.42. The SMILES string of the molecule is CCc1nn(-c2cnccn2)c(N)c1C#N. The summed E-state index contributed by atoms with van der Waals surface area (Å²) in [6.45, 7) is 1.92. The highest BCUT2D eigenvalue weighted by Gasteiger charge is 2.15. The summed E-state index contributed by atoms with van der Waals surface area (Å²) in [7, 11) is 0. The Kier molecular flexibility index (Phi) is 2.52. The van der Waals surface area contributed by atoms with Crippen molar-refractivity contribution >= 4 is 5.82 Å². The maximum Gasteiger partial charge on any atom is 0.174 e. The molecule has 0 atom stereocenters. The van der Waals surface area contributed by atoms with Crippen LogP contribution in [-0.4, -0.2) is 19.7 Å². The van der Waals surface area contributed by atoms with Gasteiger partial charge in [-0.3, -0.25) is 4.98 Å². The first-order valence-corrected chi connectivity index (χ1v) is 4.81. The maximum atomic E-state index is 8.97. The van der Waals surface area contributed by atoms with E-state index >= 15 is 0 Å². The first-order valence-electron chi connectivity index (χ1n) is 4.81. The zero-order valence-corrected chi connectivity index (χ0v) is 8.75. The molecule has 0 saturated heterocycles. The third kappa shape index (κ3) is 1.48. The highest BCUT2D eigenvalue weighted by molar-refractivity contribution is 5.54. The minimum Gasteiger partial charge on any atom is -0.382 e. The Bertz CT molecular complexity index is 536. The van der Waals surface area contributed by atoms with Gasteiger partial charge < -0.3 is 5.73 Å². The van der Waals surface area contributed by atoms with E-state index in [1.807, 2.05) is 13.0 Å². The van der Waals surface area contributed by atoms with E-state index in [-0.39, 0.29) is 0 Å². The number of nitrogens with two attached hydrogens (primary N) is 1. The van der Waals surface area contributed by atoms with Crippen LogP contribution in [0, 0.1) is 11.3 Å². The molecule has 0 spiro atoms. The summed E-state index contributed by atoms with van der Waals surface area (Å²) < 4.78 is 1.43. The summed E-state index contributed by atoms with van der Waals surface area (Å²) in [5.41, 5.74) is 6.91. The predicted molar refractivity (Wildman–Crippen MR) is 57.7 cm³/mol. The van der Waals surface area contributed by atoms with Crippen molar-refractivity contribution in [1.82, 2.24) is 19.7 Å². The Morgan fingerprint density at radius 3 is 2.81 bits per heavy atom. The topological polar surface area (TPSA) is 93.4 Å². The van der Waals surface area contributed by atoms with E-state index in [9.17, 15) is 0 Å². The monoisotopic (exact) mass is 214 g/mol. The van der Waals surface area contributed by atoms with Crippen molar-refractivity contribution < 1.29 is 0 Å². The number of rotatable bonds is 2. The molecule has 2 aromatic rings. The van der Waals surface area contributed by atoms with E-state index < -0.39 is 0 Å². The molecule has 0 radical (unpaired) electrons. The fourth-order valence-electron chi connectivity index (χ4n) is 1.42. The number of hydrogen-bond donors (Lipinski definition) is 1. The zero-order valence-electron chi connectivity index (χ0n) is 8.75. The van der Waals surface area contributed by atoms with Gasteiger partial charge in [0.2, 0.25) is 0 Å². The van der Waals surface area contributed by atoms with E-state index in [1.165, 1.54) is 4.68 Å². The second-order valence-electron chi connectivity index (χ2n) is 3.15. The van der Waals surface area contributed by atoms with Crippen LogP contribution >= 0.6 is 0 Å². The first-order chi connectivity index (χ1) is 7.77. The molecular weight excluding hydrogens is 204 g/mol. The van der Waals surface area contributed by atoms with Gasteiger partial charge >= 0.3 is 0 Å². The Labute approximate surface area is 92.4 Å². The summed E-state index contributed by atoms with van der Waals surface area (Å²) in [5, 5.41) is 13.2. The van der Waals surface area contributed by atoms with Gasteiger partial charge in [0.05, 0.1) is 11.9 Å². The molecule has 0 unspecified atom stereocenters. The van der Waals surface area contributed by atoms with Gasteiger partial charge in [0.15, 0.2) is 5.82 Å². The Morgan fingerprint density at radius 1 is 1.50 bits per heavy atom. The lowest BCUT2D eigenvalue weighted by molar-refractivity contribution is 0.817. The summed E-state index contributed by atoms with van der Waals surface area (Å²) in [6.07, 6.45) is 5.31. The molecule has 0 aliphatic carbocycles. The number of nitrogen functional groups attached to an aromatic ring is 1.